The predicted octanol–water partition coefficient (Wildman–Crippen LogP) is 0.513. The van der Waals surface area contributed by atoms with E-state index < -0.39 is 36.8 Å². The molecule has 94 valence electrons. The number of hydrogen-bond donors (Lipinski definition) is 1. The molecule has 0 bridgehead atoms. The maximum atomic E-state index is 12.7. The standard InChI is InChI=1S/C9H15F3N2O2/c1-3-16-8(9(10,11)12)4-14(5-8)7(15)6(2)13/h6H,3-5,13H2,1-2H3/t6-/m0/s1. The van der Waals surface area contributed by atoms with Gasteiger partial charge >= 0.3 is 6.18 Å². The van der Waals surface area contributed by atoms with Crippen LogP contribution in [-0.4, -0.2) is 48.3 Å². The first-order valence-electron chi connectivity index (χ1n) is 4.98. The second-order valence-corrected chi connectivity index (χ2v) is 3.91. The normalized spacial score (nSPS) is 21.5. The molecule has 0 unspecified atom stereocenters. The molecule has 1 heterocycles. The van der Waals surface area contributed by atoms with Gasteiger partial charge in [0.25, 0.3) is 0 Å². The summed E-state index contributed by atoms with van der Waals surface area (Å²) in [6.45, 7) is 1.95. The number of amides is 1. The summed E-state index contributed by atoms with van der Waals surface area (Å²) in [5, 5.41) is 0. The molecule has 1 amide bonds. The van der Waals surface area contributed by atoms with E-state index in [2.05, 4.69) is 0 Å². The summed E-state index contributed by atoms with van der Waals surface area (Å²) < 4.78 is 42.8. The Labute approximate surface area is 91.5 Å². The van der Waals surface area contributed by atoms with Gasteiger partial charge in [-0.05, 0) is 13.8 Å². The molecule has 0 aromatic carbocycles. The number of nitrogens with two attached hydrogens (primary N) is 1. The van der Waals surface area contributed by atoms with Crippen molar-refractivity contribution < 1.29 is 22.7 Å². The van der Waals surface area contributed by atoms with Gasteiger partial charge in [0.1, 0.15) is 0 Å². The molecule has 1 aliphatic heterocycles. The highest BCUT2D eigenvalue weighted by Gasteiger charge is 2.64. The van der Waals surface area contributed by atoms with Gasteiger partial charge in [-0.25, -0.2) is 0 Å². The van der Waals surface area contributed by atoms with Gasteiger partial charge in [-0.15, -0.1) is 0 Å². The minimum absolute atomic E-state index is 0.0419. The lowest BCUT2D eigenvalue weighted by atomic mass is 9.92. The number of hydrogen-bond acceptors (Lipinski definition) is 3. The predicted molar refractivity (Wildman–Crippen MR) is 50.6 cm³/mol. The fraction of sp³-hybridized carbons (Fsp3) is 0.889. The molecule has 2 N–H and O–H groups in total. The van der Waals surface area contributed by atoms with E-state index in [-0.39, 0.29) is 6.61 Å². The zero-order valence-corrected chi connectivity index (χ0v) is 9.17. The average Bonchev–Trinajstić information content (AvgIpc) is 2.07. The van der Waals surface area contributed by atoms with Gasteiger partial charge in [-0.1, -0.05) is 0 Å². The molecule has 4 nitrogen and oxygen atoms in total. The van der Waals surface area contributed by atoms with E-state index in [0.29, 0.717) is 0 Å². The van der Waals surface area contributed by atoms with Crippen molar-refractivity contribution in [3.05, 3.63) is 0 Å². The first kappa shape index (κ1) is 13.2. The van der Waals surface area contributed by atoms with Crippen molar-refractivity contribution >= 4 is 5.91 Å². The van der Waals surface area contributed by atoms with Crippen LogP contribution in [0.5, 0.6) is 0 Å². The molecule has 1 rings (SSSR count). The number of likely N-dealkylation sites (tertiary alicyclic amines) is 1. The Kier molecular flexibility index (Phi) is 3.49. The number of ether oxygens (including phenoxy) is 1. The molecule has 1 saturated heterocycles. The molecule has 0 aromatic heterocycles. The first-order valence-corrected chi connectivity index (χ1v) is 4.98. The van der Waals surface area contributed by atoms with Crippen LogP contribution in [0.1, 0.15) is 13.8 Å². The number of carbonyl (C=O) groups excluding carboxylic acids is 1. The van der Waals surface area contributed by atoms with Crippen LogP contribution in [0.25, 0.3) is 0 Å². The van der Waals surface area contributed by atoms with Gasteiger partial charge in [0.05, 0.1) is 19.1 Å². The lowest BCUT2D eigenvalue weighted by Crippen LogP contribution is -2.72. The molecule has 1 atom stereocenters. The third-order valence-electron chi connectivity index (χ3n) is 2.53. The van der Waals surface area contributed by atoms with Crippen molar-refractivity contribution in [3.63, 3.8) is 0 Å². The van der Waals surface area contributed by atoms with Crippen LogP contribution >= 0.6 is 0 Å². The van der Waals surface area contributed by atoms with Crippen molar-refractivity contribution in [2.45, 2.75) is 31.7 Å². The molecule has 1 fully saturated rings. The van der Waals surface area contributed by atoms with E-state index in [9.17, 15) is 18.0 Å². The summed E-state index contributed by atoms with van der Waals surface area (Å²) in [7, 11) is 0. The minimum Gasteiger partial charge on any atom is -0.362 e. The third kappa shape index (κ3) is 2.15. The van der Waals surface area contributed by atoms with Gasteiger partial charge in [0, 0.05) is 6.61 Å². The highest BCUT2D eigenvalue weighted by atomic mass is 19.4. The maximum absolute atomic E-state index is 12.7. The van der Waals surface area contributed by atoms with E-state index in [1.807, 2.05) is 0 Å². The SMILES string of the molecule is CCOC1(C(F)(F)F)CN(C(=O)[C@H](C)N)C1. The second-order valence-electron chi connectivity index (χ2n) is 3.91. The van der Waals surface area contributed by atoms with Crippen LogP contribution in [-0.2, 0) is 9.53 Å². The summed E-state index contributed by atoms with van der Waals surface area (Å²) in [6, 6.07) is -0.784. The number of rotatable bonds is 3. The monoisotopic (exact) mass is 240 g/mol. The number of carbonyl (C=O) groups is 1. The van der Waals surface area contributed by atoms with E-state index in [1.165, 1.54) is 13.8 Å². The summed E-state index contributed by atoms with van der Waals surface area (Å²) in [4.78, 5) is 12.4. The largest absolute Gasteiger partial charge is 0.420 e. The van der Waals surface area contributed by atoms with Crippen LogP contribution in [0.2, 0.25) is 0 Å². The Morgan fingerprint density at radius 3 is 2.38 bits per heavy atom. The van der Waals surface area contributed by atoms with Crippen molar-refractivity contribution in [2.24, 2.45) is 5.73 Å². The molecule has 7 heteroatoms. The van der Waals surface area contributed by atoms with Gasteiger partial charge in [-0.3, -0.25) is 4.79 Å². The molecule has 16 heavy (non-hydrogen) atoms. The van der Waals surface area contributed by atoms with E-state index in [4.69, 9.17) is 10.5 Å². The number of nitrogens with zero attached hydrogens (tertiary/aromatic N) is 1. The quantitative estimate of drug-likeness (QED) is 0.782. The van der Waals surface area contributed by atoms with Crippen LogP contribution in [0, 0.1) is 0 Å². The van der Waals surface area contributed by atoms with Crippen molar-refractivity contribution in [1.82, 2.24) is 4.90 Å². The van der Waals surface area contributed by atoms with Crippen LogP contribution in [0.15, 0.2) is 0 Å². The van der Waals surface area contributed by atoms with E-state index in [0.717, 1.165) is 4.90 Å². The Bertz CT molecular complexity index is 272. The Morgan fingerprint density at radius 2 is 2.06 bits per heavy atom. The summed E-state index contributed by atoms with van der Waals surface area (Å²) in [6.07, 6.45) is -4.46. The van der Waals surface area contributed by atoms with Crippen molar-refractivity contribution in [3.8, 4) is 0 Å². The van der Waals surface area contributed by atoms with Gasteiger partial charge < -0.3 is 15.4 Å². The number of alkyl halides is 3. The van der Waals surface area contributed by atoms with E-state index >= 15 is 0 Å². The Balaban J connectivity index is 2.67. The van der Waals surface area contributed by atoms with Crippen molar-refractivity contribution in [2.75, 3.05) is 19.7 Å². The zero-order valence-electron chi connectivity index (χ0n) is 9.17. The zero-order chi connectivity index (χ0) is 12.6. The van der Waals surface area contributed by atoms with Crippen LogP contribution < -0.4 is 5.73 Å². The molecular weight excluding hydrogens is 225 g/mol. The first-order chi connectivity index (χ1) is 7.23. The molecule has 0 saturated carbocycles. The highest BCUT2D eigenvalue weighted by Crippen LogP contribution is 2.40. The molecule has 0 spiro atoms. The fourth-order valence-electron chi connectivity index (χ4n) is 1.64. The maximum Gasteiger partial charge on any atom is 0.420 e. The smallest absolute Gasteiger partial charge is 0.362 e. The second kappa shape index (κ2) is 4.21. The summed E-state index contributed by atoms with van der Waals surface area (Å²) >= 11 is 0. The van der Waals surface area contributed by atoms with Gasteiger partial charge in [0.15, 0.2) is 5.60 Å². The van der Waals surface area contributed by atoms with Crippen molar-refractivity contribution in [1.29, 1.82) is 0 Å². The topological polar surface area (TPSA) is 55.6 Å². The van der Waals surface area contributed by atoms with Gasteiger partial charge in [-0.2, -0.15) is 13.2 Å². The molecule has 0 radical (unpaired) electrons. The molecular formula is C9H15F3N2O2. The molecule has 1 aliphatic rings. The lowest BCUT2D eigenvalue weighted by molar-refractivity contribution is -0.313. The molecule has 0 aliphatic carbocycles. The van der Waals surface area contributed by atoms with Crippen LogP contribution in [0.4, 0.5) is 13.2 Å². The van der Waals surface area contributed by atoms with E-state index in [1.54, 1.807) is 0 Å². The number of halogens is 3. The highest BCUT2D eigenvalue weighted by molar-refractivity contribution is 5.82. The lowest BCUT2D eigenvalue weighted by Gasteiger charge is -2.50. The summed E-state index contributed by atoms with van der Waals surface area (Å²) in [5.41, 5.74) is 3.10. The average molecular weight is 240 g/mol. The van der Waals surface area contributed by atoms with Gasteiger partial charge in [0.2, 0.25) is 5.91 Å². The fourth-order valence-corrected chi connectivity index (χ4v) is 1.64. The summed E-state index contributed by atoms with van der Waals surface area (Å²) in [5.74, 6) is -0.487. The van der Waals surface area contributed by atoms with Crippen LogP contribution in [0.3, 0.4) is 0 Å². The Morgan fingerprint density at radius 1 is 1.56 bits per heavy atom. The third-order valence-corrected chi connectivity index (χ3v) is 2.53. The molecule has 0 aromatic rings. The minimum atomic E-state index is -4.46. The Hall–Kier alpha value is -0.820.